The molecule has 0 bridgehead atoms. The van der Waals surface area contributed by atoms with Gasteiger partial charge in [0.15, 0.2) is 0 Å². The van der Waals surface area contributed by atoms with Crippen LogP contribution in [0.2, 0.25) is 0 Å². The molecule has 1 aliphatic rings. The van der Waals surface area contributed by atoms with Crippen molar-refractivity contribution in [3.8, 4) is 22.4 Å². The van der Waals surface area contributed by atoms with Crippen LogP contribution in [0.1, 0.15) is 31.4 Å². The number of fused-ring (bicyclic) bond motifs is 1. The summed E-state index contributed by atoms with van der Waals surface area (Å²) in [6.07, 6.45) is 8.72. The third kappa shape index (κ3) is 3.62. The molecule has 4 aromatic heterocycles. The topological polar surface area (TPSA) is 66.3 Å². The van der Waals surface area contributed by atoms with Crippen LogP contribution in [0.25, 0.3) is 33.4 Å². The highest BCUT2D eigenvalue weighted by atomic mass is 19.3. The first-order valence-electron chi connectivity index (χ1n) is 10.5. The van der Waals surface area contributed by atoms with E-state index in [1.165, 1.54) is 0 Å². The molecule has 0 N–H and O–H groups in total. The van der Waals surface area contributed by atoms with Gasteiger partial charge in [-0.3, -0.25) is 9.67 Å². The highest BCUT2D eigenvalue weighted by Gasteiger charge is 2.35. The van der Waals surface area contributed by atoms with Crippen LogP contribution in [0, 0.1) is 12.8 Å². The molecule has 0 spiro atoms. The lowest BCUT2D eigenvalue weighted by atomic mass is 9.87. The zero-order valence-electron chi connectivity index (χ0n) is 17.9. The number of hydrogen-bond donors (Lipinski definition) is 0. The van der Waals surface area contributed by atoms with Crippen molar-refractivity contribution < 1.29 is 8.78 Å². The summed E-state index contributed by atoms with van der Waals surface area (Å²) in [5.74, 6) is -2.30. The average Bonchev–Trinajstić information content (AvgIpc) is 3.41. The first kappa shape index (κ1) is 19.8. The van der Waals surface area contributed by atoms with Gasteiger partial charge < -0.3 is 4.57 Å². The maximum atomic E-state index is 13.6. The molecule has 5 rings (SSSR count). The zero-order valence-corrected chi connectivity index (χ0v) is 17.9. The molecular weight excluding hydrogens is 400 g/mol. The van der Waals surface area contributed by atoms with Gasteiger partial charge in [0.1, 0.15) is 0 Å². The normalized spacial score (nSPS) is 16.9. The summed E-state index contributed by atoms with van der Waals surface area (Å²) in [6.45, 7) is 2.62. The molecule has 1 fully saturated rings. The van der Waals surface area contributed by atoms with Gasteiger partial charge in [-0.05, 0) is 31.7 Å². The lowest BCUT2D eigenvalue weighted by molar-refractivity contribution is -0.0472. The quantitative estimate of drug-likeness (QED) is 0.487. The van der Waals surface area contributed by atoms with Gasteiger partial charge >= 0.3 is 0 Å². The fraction of sp³-hybridized carbons (Fsp3) is 0.455. The fourth-order valence-electron chi connectivity index (χ4n) is 4.64. The Morgan fingerprint density at radius 3 is 2.52 bits per heavy atom. The van der Waals surface area contributed by atoms with Crippen molar-refractivity contribution >= 4 is 11.0 Å². The van der Waals surface area contributed by atoms with Crippen molar-refractivity contribution in [2.75, 3.05) is 0 Å². The molecule has 4 heterocycles. The standard InChI is InChI=1S/C22H25F2N7/c1-14-21(30(3)28-27-14)16-8-19-20(25-9-16)18(17-10-26-29(2)12-17)13-31(19)11-15-4-6-22(23,24)7-5-15/h8-10,12-13,15H,4-7,11H2,1-3H3. The van der Waals surface area contributed by atoms with Crippen LogP contribution in [-0.2, 0) is 20.6 Å². The van der Waals surface area contributed by atoms with E-state index in [0.717, 1.165) is 39.1 Å². The minimum absolute atomic E-state index is 0.0320. The second kappa shape index (κ2) is 7.25. The minimum Gasteiger partial charge on any atom is -0.345 e. The number of nitrogens with zero attached hydrogens (tertiary/aromatic N) is 7. The number of pyridine rings is 1. The van der Waals surface area contributed by atoms with Crippen LogP contribution in [0.4, 0.5) is 8.78 Å². The lowest BCUT2D eigenvalue weighted by Crippen LogP contribution is -2.26. The summed E-state index contributed by atoms with van der Waals surface area (Å²) in [5.41, 5.74) is 6.53. The smallest absolute Gasteiger partial charge is 0.248 e. The van der Waals surface area contributed by atoms with Gasteiger partial charge in [0.05, 0.1) is 28.6 Å². The van der Waals surface area contributed by atoms with E-state index in [1.54, 1.807) is 9.36 Å². The molecule has 0 amide bonds. The summed E-state index contributed by atoms with van der Waals surface area (Å²) in [6, 6.07) is 2.10. The van der Waals surface area contributed by atoms with Gasteiger partial charge in [0.2, 0.25) is 5.92 Å². The van der Waals surface area contributed by atoms with Gasteiger partial charge in [-0.25, -0.2) is 13.5 Å². The van der Waals surface area contributed by atoms with Gasteiger partial charge in [-0.1, -0.05) is 5.21 Å². The molecule has 162 valence electrons. The van der Waals surface area contributed by atoms with E-state index in [1.807, 2.05) is 39.6 Å². The summed E-state index contributed by atoms with van der Waals surface area (Å²) >= 11 is 0. The molecule has 9 heteroatoms. The Hall–Kier alpha value is -3.10. The molecule has 0 aliphatic heterocycles. The Morgan fingerprint density at radius 1 is 1.10 bits per heavy atom. The number of aryl methyl sites for hydroxylation is 3. The van der Waals surface area contributed by atoms with Crippen molar-refractivity contribution in [1.82, 2.24) is 34.3 Å². The van der Waals surface area contributed by atoms with E-state index >= 15 is 0 Å². The SMILES string of the molecule is Cc1nnn(C)c1-c1cnc2c(-c3cnn(C)c3)cn(CC3CCC(F)(F)CC3)c2c1. The van der Waals surface area contributed by atoms with Crippen molar-refractivity contribution in [3.05, 3.63) is 36.5 Å². The van der Waals surface area contributed by atoms with Crippen LogP contribution in [-0.4, -0.2) is 40.2 Å². The van der Waals surface area contributed by atoms with E-state index in [4.69, 9.17) is 4.98 Å². The Labute approximate surface area is 178 Å². The van der Waals surface area contributed by atoms with Gasteiger partial charge in [0, 0.05) is 68.8 Å². The van der Waals surface area contributed by atoms with Crippen LogP contribution in [0.5, 0.6) is 0 Å². The number of hydrogen-bond acceptors (Lipinski definition) is 4. The number of aromatic nitrogens is 7. The summed E-state index contributed by atoms with van der Waals surface area (Å²) in [4.78, 5) is 4.80. The number of halogens is 2. The molecular formula is C22H25F2N7. The molecule has 0 atom stereocenters. The predicted octanol–water partition coefficient (Wildman–Crippen LogP) is 4.37. The Balaban J connectivity index is 1.59. The number of alkyl halides is 2. The molecule has 0 saturated heterocycles. The molecule has 0 unspecified atom stereocenters. The molecule has 0 aromatic carbocycles. The molecule has 0 radical (unpaired) electrons. The zero-order chi connectivity index (χ0) is 21.8. The second-order valence-electron chi connectivity index (χ2n) is 8.64. The third-order valence-electron chi connectivity index (χ3n) is 6.29. The fourth-order valence-corrected chi connectivity index (χ4v) is 4.64. The monoisotopic (exact) mass is 425 g/mol. The predicted molar refractivity (Wildman–Crippen MR) is 114 cm³/mol. The average molecular weight is 425 g/mol. The largest absolute Gasteiger partial charge is 0.345 e. The lowest BCUT2D eigenvalue weighted by Gasteiger charge is -2.28. The van der Waals surface area contributed by atoms with Crippen LogP contribution in [0.15, 0.2) is 30.9 Å². The van der Waals surface area contributed by atoms with Crippen molar-refractivity contribution in [2.24, 2.45) is 20.0 Å². The molecule has 31 heavy (non-hydrogen) atoms. The summed E-state index contributed by atoms with van der Waals surface area (Å²) in [5, 5.41) is 12.6. The first-order chi connectivity index (χ1) is 14.8. The summed E-state index contributed by atoms with van der Waals surface area (Å²) < 4.78 is 33.0. The van der Waals surface area contributed by atoms with Crippen molar-refractivity contribution in [3.63, 3.8) is 0 Å². The van der Waals surface area contributed by atoms with E-state index in [-0.39, 0.29) is 18.8 Å². The Morgan fingerprint density at radius 2 is 1.87 bits per heavy atom. The van der Waals surface area contributed by atoms with E-state index in [0.29, 0.717) is 19.4 Å². The van der Waals surface area contributed by atoms with Crippen LogP contribution < -0.4 is 0 Å². The van der Waals surface area contributed by atoms with Gasteiger partial charge in [-0.2, -0.15) is 5.10 Å². The maximum absolute atomic E-state index is 13.6. The van der Waals surface area contributed by atoms with Crippen LogP contribution >= 0.6 is 0 Å². The van der Waals surface area contributed by atoms with Crippen molar-refractivity contribution in [2.45, 2.75) is 45.1 Å². The first-order valence-corrected chi connectivity index (χ1v) is 10.5. The van der Waals surface area contributed by atoms with Gasteiger partial charge in [-0.15, -0.1) is 5.10 Å². The highest BCUT2D eigenvalue weighted by Crippen LogP contribution is 2.38. The molecule has 7 nitrogen and oxygen atoms in total. The Kier molecular flexibility index (Phi) is 4.64. The Bertz CT molecular complexity index is 1220. The summed E-state index contributed by atoms with van der Waals surface area (Å²) in [7, 11) is 3.75. The van der Waals surface area contributed by atoms with E-state index in [9.17, 15) is 8.78 Å². The van der Waals surface area contributed by atoms with E-state index < -0.39 is 5.92 Å². The highest BCUT2D eigenvalue weighted by molar-refractivity contribution is 5.94. The molecule has 1 saturated carbocycles. The maximum Gasteiger partial charge on any atom is 0.248 e. The minimum atomic E-state index is -2.52. The van der Waals surface area contributed by atoms with E-state index in [2.05, 4.69) is 32.2 Å². The van der Waals surface area contributed by atoms with Gasteiger partial charge in [0.25, 0.3) is 0 Å². The third-order valence-corrected chi connectivity index (χ3v) is 6.29. The molecule has 4 aromatic rings. The van der Waals surface area contributed by atoms with Crippen molar-refractivity contribution in [1.29, 1.82) is 0 Å². The number of rotatable bonds is 4. The van der Waals surface area contributed by atoms with Crippen LogP contribution in [0.3, 0.4) is 0 Å². The second-order valence-corrected chi connectivity index (χ2v) is 8.64. The molecule has 1 aliphatic carbocycles.